The lowest BCUT2D eigenvalue weighted by Crippen LogP contribution is -2.46. The van der Waals surface area contributed by atoms with Crippen molar-refractivity contribution < 1.29 is 9.13 Å². The highest BCUT2D eigenvalue weighted by atomic mass is 19.1. The Hall–Kier alpha value is -1.09. The molecule has 0 spiro atoms. The molecule has 0 saturated heterocycles. The molecular weight excluding hydrogens is 241 g/mol. The molecule has 1 aromatic carbocycles. The number of ether oxygens (including phenoxy) is 1. The summed E-state index contributed by atoms with van der Waals surface area (Å²) in [5.41, 5.74) is 1.22. The number of hydrogen-bond donors (Lipinski definition) is 1. The van der Waals surface area contributed by atoms with Crippen LogP contribution < -0.4 is 10.1 Å². The smallest absolute Gasteiger partial charge is 0.165 e. The molecule has 0 aliphatic heterocycles. The van der Waals surface area contributed by atoms with Crippen LogP contribution in [0.3, 0.4) is 0 Å². The van der Waals surface area contributed by atoms with Gasteiger partial charge in [0.2, 0.25) is 0 Å². The van der Waals surface area contributed by atoms with Crippen molar-refractivity contribution in [1.29, 1.82) is 0 Å². The third-order valence-corrected chi connectivity index (χ3v) is 4.08. The lowest BCUT2D eigenvalue weighted by molar-refractivity contribution is 0.136. The van der Waals surface area contributed by atoms with E-state index in [4.69, 9.17) is 4.74 Å². The van der Waals surface area contributed by atoms with Gasteiger partial charge < -0.3 is 10.1 Å². The highest BCUT2D eigenvalue weighted by molar-refractivity contribution is 5.30. The van der Waals surface area contributed by atoms with Crippen LogP contribution in [0.4, 0.5) is 4.39 Å². The van der Waals surface area contributed by atoms with Crippen molar-refractivity contribution >= 4 is 0 Å². The second-order valence-corrected chi connectivity index (χ2v) is 6.15. The van der Waals surface area contributed by atoms with Crippen LogP contribution >= 0.6 is 0 Å². The van der Waals surface area contributed by atoms with E-state index in [1.807, 2.05) is 6.92 Å². The van der Waals surface area contributed by atoms with E-state index in [1.54, 1.807) is 12.1 Å². The van der Waals surface area contributed by atoms with Gasteiger partial charge in [0, 0.05) is 6.04 Å². The van der Waals surface area contributed by atoms with Crippen molar-refractivity contribution in [2.45, 2.75) is 52.7 Å². The third kappa shape index (κ3) is 3.08. The van der Waals surface area contributed by atoms with Gasteiger partial charge in [0.1, 0.15) is 6.10 Å². The summed E-state index contributed by atoms with van der Waals surface area (Å²) in [6.45, 7) is 9.45. The van der Waals surface area contributed by atoms with Crippen molar-refractivity contribution in [3.05, 3.63) is 29.6 Å². The first kappa shape index (κ1) is 14.3. The SMILES string of the molecule is CCNC1C(Oc2cc(C)ccc2F)CCC1(C)C. The molecule has 1 aliphatic carbocycles. The molecule has 1 fully saturated rings. The second-order valence-electron chi connectivity index (χ2n) is 6.15. The molecule has 1 saturated carbocycles. The van der Waals surface area contributed by atoms with Gasteiger partial charge in [-0.15, -0.1) is 0 Å². The molecule has 0 heterocycles. The van der Waals surface area contributed by atoms with E-state index in [1.165, 1.54) is 6.07 Å². The quantitative estimate of drug-likeness (QED) is 0.896. The Labute approximate surface area is 115 Å². The van der Waals surface area contributed by atoms with Crippen molar-refractivity contribution in [2.24, 2.45) is 5.41 Å². The highest BCUT2D eigenvalue weighted by Crippen LogP contribution is 2.39. The lowest BCUT2D eigenvalue weighted by Gasteiger charge is -2.31. The molecule has 1 N–H and O–H groups in total. The zero-order valence-electron chi connectivity index (χ0n) is 12.3. The molecular formula is C16H24FNO. The maximum Gasteiger partial charge on any atom is 0.165 e. The number of nitrogens with one attached hydrogen (secondary N) is 1. The number of benzene rings is 1. The van der Waals surface area contributed by atoms with Gasteiger partial charge in [-0.3, -0.25) is 0 Å². The largest absolute Gasteiger partial charge is 0.486 e. The Balaban J connectivity index is 2.16. The summed E-state index contributed by atoms with van der Waals surface area (Å²) in [5.74, 6) is 0.108. The summed E-state index contributed by atoms with van der Waals surface area (Å²) in [5, 5.41) is 3.49. The minimum atomic E-state index is -0.273. The van der Waals surface area contributed by atoms with Crippen LogP contribution in [0, 0.1) is 18.2 Å². The van der Waals surface area contributed by atoms with E-state index in [2.05, 4.69) is 26.1 Å². The van der Waals surface area contributed by atoms with Crippen LogP contribution in [-0.2, 0) is 0 Å². The Morgan fingerprint density at radius 3 is 2.84 bits per heavy atom. The Morgan fingerprint density at radius 2 is 2.16 bits per heavy atom. The van der Waals surface area contributed by atoms with Crippen molar-refractivity contribution in [3.63, 3.8) is 0 Å². The van der Waals surface area contributed by atoms with Gasteiger partial charge >= 0.3 is 0 Å². The van der Waals surface area contributed by atoms with Gasteiger partial charge in [0.25, 0.3) is 0 Å². The van der Waals surface area contributed by atoms with E-state index >= 15 is 0 Å². The molecule has 0 amide bonds. The topological polar surface area (TPSA) is 21.3 Å². The Bertz CT molecular complexity index is 444. The van der Waals surface area contributed by atoms with Crippen LogP contribution in [0.15, 0.2) is 18.2 Å². The number of aryl methyl sites for hydroxylation is 1. The molecule has 2 rings (SSSR count). The predicted molar refractivity (Wildman–Crippen MR) is 76.0 cm³/mol. The highest BCUT2D eigenvalue weighted by Gasteiger charge is 2.43. The molecule has 1 aromatic rings. The maximum absolute atomic E-state index is 13.8. The first-order valence-corrected chi connectivity index (χ1v) is 7.10. The van der Waals surface area contributed by atoms with Gasteiger partial charge in [-0.1, -0.05) is 26.8 Å². The fourth-order valence-electron chi connectivity index (χ4n) is 2.96. The summed E-state index contributed by atoms with van der Waals surface area (Å²) < 4.78 is 19.7. The fraction of sp³-hybridized carbons (Fsp3) is 0.625. The van der Waals surface area contributed by atoms with Crippen molar-refractivity contribution in [1.82, 2.24) is 5.32 Å². The molecule has 3 heteroatoms. The van der Waals surface area contributed by atoms with Crippen LogP contribution in [0.1, 0.15) is 39.2 Å². The number of halogens is 1. The average Bonchev–Trinajstić information content (AvgIpc) is 2.62. The van der Waals surface area contributed by atoms with E-state index in [0.29, 0.717) is 5.75 Å². The van der Waals surface area contributed by atoms with Gasteiger partial charge in [-0.25, -0.2) is 4.39 Å². The molecule has 2 atom stereocenters. The molecule has 1 aliphatic rings. The first-order chi connectivity index (χ1) is 8.94. The predicted octanol–water partition coefficient (Wildman–Crippen LogP) is 3.68. The molecule has 0 radical (unpaired) electrons. The zero-order valence-corrected chi connectivity index (χ0v) is 12.3. The summed E-state index contributed by atoms with van der Waals surface area (Å²) in [6.07, 6.45) is 2.12. The van der Waals surface area contributed by atoms with Gasteiger partial charge in [-0.2, -0.15) is 0 Å². The summed E-state index contributed by atoms with van der Waals surface area (Å²) >= 11 is 0. The zero-order chi connectivity index (χ0) is 14.0. The fourth-order valence-corrected chi connectivity index (χ4v) is 2.96. The van der Waals surface area contributed by atoms with Crippen LogP contribution in [0.5, 0.6) is 5.75 Å². The normalized spacial score (nSPS) is 25.5. The number of hydrogen-bond acceptors (Lipinski definition) is 2. The number of likely N-dealkylation sites (N-methyl/N-ethyl adjacent to an activating group) is 1. The number of rotatable bonds is 4. The molecule has 19 heavy (non-hydrogen) atoms. The van der Waals surface area contributed by atoms with Gasteiger partial charge in [-0.05, 0) is 49.4 Å². The van der Waals surface area contributed by atoms with Crippen LogP contribution in [0.25, 0.3) is 0 Å². The molecule has 2 unspecified atom stereocenters. The first-order valence-electron chi connectivity index (χ1n) is 7.10. The Kier molecular flexibility index (Phi) is 4.14. The minimum Gasteiger partial charge on any atom is -0.486 e. The standard InChI is InChI=1S/C16H24FNO/c1-5-18-15-13(8-9-16(15,3)4)19-14-10-11(2)6-7-12(14)17/h6-7,10,13,15,18H,5,8-9H2,1-4H3. The van der Waals surface area contributed by atoms with E-state index in [0.717, 1.165) is 24.9 Å². The van der Waals surface area contributed by atoms with E-state index in [-0.39, 0.29) is 23.4 Å². The summed E-state index contributed by atoms with van der Waals surface area (Å²) in [4.78, 5) is 0. The van der Waals surface area contributed by atoms with E-state index in [9.17, 15) is 4.39 Å². The summed E-state index contributed by atoms with van der Waals surface area (Å²) in [6, 6.07) is 5.30. The molecule has 0 bridgehead atoms. The molecule has 2 nitrogen and oxygen atoms in total. The molecule has 0 aromatic heterocycles. The maximum atomic E-state index is 13.8. The minimum absolute atomic E-state index is 0.0475. The van der Waals surface area contributed by atoms with Gasteiger partial charge in [0.15, 0.2) is 11.6 Å². The third-order valence-electron chi connectivity index (χ3n) is 4.08. The monoisotopic (exact) mass is 265 g/mol. The average molecular weight is 265 g/mol. The molecule has 106 valence electrons. The van der Waals surface area contributed by atoms with Gasteiger partial charge in [0.05, 0.1) is 0 Å². The van der Waals surface area contributed by atoms with Crippen molar-refractivity contribution in [3.8, 4) is 5.75 Å². The second kappa shape index (κ2) is 5.49. The Morgan fingerprint density at radius 1 is 1.42 bits per heavy atom. The summed E-state index contributed by atoms with van der Waals surface area (Å²) in [7, 11) is 0. The van der Waals surface area contributed by atoms with Crippen LogP contribution in [0.2, 0.25) is 0 Å². The van der Waals surface area contributed by atoms with Crippen molar-refractivity contribution in [2.75, 3.05) is 6.54 Å². The lowest BCUT2D eigenvalue weighted by atomic mass is 9.87. The van der Waals surface area contributed by atoms with Crippen LogP contribution in [-0.4, -0.2) is 18.7 Å². The van der Waals surface area contributed by atoms with E-state index < -0.39 is 0 Å².